The fourth-order valence-electron chi connectivity index (χ4n) is 1.61. The maximum Gasteiger partial charge on any atom is 0.226 e. The molecule has 1 N–H and O–H groups in total. The molecule has 0 saturated carbocycles. The van der Waals surface area contributed by atoms with Crippen LogP contribution in [0.1, 0.15) is 12.7 Å². The number of aromatic nitrogens is 2. The van der Waals surface area contributed by atoms with Crippen molar-refractivity contribution in [2.45, 2.75) is 13.5 Å². The Hall–Kier alpha value is -1.36. The van der Waals surface area contributed by atoms with E-state index in [4.69, 9.17) is 0 Å². The van der Waals surface area contributed by atoms with E-state index in [1.807, 2.05) is 38.8 Å². The second-order valence-corrected chi connectivity index (χ2v) is 4.11. The van der Waals surface area contributed by atoms with Crippen molar-refractivity contribution in [3.8, 4) is 0 Å². The molecule has 1 aromatic rings. The Morgan fingerprint density at radius 2 is 2.38 bits per heavy atom. The summed E-state index contributed by atoms with van der Waals surface area (Å²) < 4.78 is 1.92. The molecule has 0 aliphatic carbocycles. The molecular formula is C11H20N4O. The first-order valence-corrected chi connectivity index (χ1v) is 5.42. The Morgan fingerprint density at radius 3 is 2.88 bits per heavy atom. The van der Waals surface area contributed by atoms with Gasteiger partial charge in [-0.15, -0.1) is 0 Å². The molecule has 1 amide bonds. The monoisotopic (exact) mass is 224 g/mol. The number of nitrogens with one attached hydrogen (secondary N) is 1. The molecule has 5 heteroatoms. The number of amides is 1. The zero-order valence-electron chi connectivity index (χ0n) is 10.4. The van der Waals surface area contributed by atoms with Crippen LogP contribution < -0.4 is 5.32 Å². The van der Waals surface area contributed by atoms with Crippen LogP contribution in [0.5, 0.6) is 0 Å². The summed E-state index contributed by atoms with van der Waals surface area (Å²) >= 11 is 0. The largest absolute Gasteiger partial charge is 0.338 e. The van der Waals surface area contributed by atoms with Gasteiger partial charge in [-0.1, -0.05) is 6.92 Å². The van der Waals surface area contributed by atoms with E-state index < -0.39 is 0 Å². The summed E-state index contributed by atoms with van der Waals surface area (Å²) in [5, 5.41) is 3.01. The number of nitrogens with zero attached hydrogens (tertiary/aromatic N) is 3. The molecule has 0 saturated heterocycles. The molecule has 0 bridgehead atoms. The molecule has 0 aromatic carbocycles. The lowest BCUT2D eigenvalue weighted by molar-refractivity contribution is -0.134. The predicted octanol–water partition coefficient (Wildman–Crippen LogP) is 0.234. The third-order valence-corrected chi connectivity index (χ3v) is 2.61. The molecule has 1 heterocycles. The molecule has 1 atom stereocenters. The number of hydrogen-bond donors (Lipinski definition) is 1. The number of carbonyl (C=O) groups is 1. The third kappa shape index (κ3) is 3.06. The fraction of sp³-hybridized carbons (Fsp3) is 0.636. The maximum atomic E-state index is 11.9. The van der Waals surface area contributed by atoms with Crippen molar-refractivity contribution in [1.82, 2.24) is 19.8 Å². The van der Waals surface area contributed by atoms with E-state index in [1.54, 1.807) is 11.1 Å². The van der Waals surface area contributed by atoms with Crippen LogP contribution in [0, 0.1) is 5.92 Å². The first kappa shape index (κ1) is 12.7. The van der Waals surface area contributed by atoms with Gasteiger partial charge in [0, 0.05) is 39.0 Å². The topological polar surface area (TPSA) is 50.2 Å². The van der Waals surface area contributed by atoms with Gasteiger partial charge < -0.3 is 14.8 Å². The molecule has 16 heavy (non-hydrogen) atoms. The van der Waals surface area contributed by atoms with E-state index in [-0.39, 0.29) is 11.8 Å². The van der Waals surface area contributed by atoms with Gasteiger partial charge in [-0.05, 0) is 7.05 Å². The summed E-state index contributed by atoms with van der Waals surface area (Å²) in [5.74, 6) is 1.03. The Balaban J connectivity index is 2.55. The molecular weight excluding hydrogens is 204 g/mol. The first-order chi connectivity index (χ1) is 7.56. The number of aryl methyl sites for hydroxylation is 1. The lowest BCUT2D eigenvalue weighted by Crippen LogP contribution is -2.36. The average molecular weight is 224 g/mol. The minimum atomic E-state index is -0.00438. The van der Waals surface area contributed by atoms with Gasteiger partial charge in [0.15, 0.2) is 0 Å². The highest BCUT2D eigenvalue weighted by molar-refractivity contribution is 5.78. The molecule has 0 fully saturated rings. The van der Waals surface area contributed by atoms with Gasteiger partial charge in [-0.25, -0.2) is 4.98 Å². The van der Waals surface area contributed by atoms with Gasteiger partial charge in [0.2, 0.25) is 5.91 Å². The molecule has 0 radical (unpaired) electrons. The van der Waals surface area contributed by atoms with Gasteiger partial charge >= 0.3 is 0 Å². The van der Waals surface area contributed by atoms with E-state index in [2.05, 4.69) is 10.3 Å². The van der Waals surface area contributed by atoms with Gasteiger partial charge in [-0.3, -0.25) is 4.79 Å². The molecule has 0 aliphatic heterocycles. The van der Waals surface area contributed by atoms with Crippen LogP contribution in [0.15, 0.2) is 12.4 Å². The predicted molar refractivity (Wildman–Crippen MR) is 62.8 cm³/mol. The standard InChI is InChI=1S/C11H20N4O/c1-9(7-12-2)11(16)15(4)8-10-13-5-6-14(10)3/h5-6,9,12H,7-8H2,1-4H3. The number of rotatable bonds is 5. The Labute approximate surface area is 96.5 Å². The van der Waals surface area contributed by atoms with E-state index in [0.717, 1.165) is 5.82 Å². The highest BCUT2D eigenvalue weighted by Gasteiger charge is 2.17. The Morgan fingerprint density at radius 1 is 1.69 bits per heavy atom. The zero-order valence-corrected chi connectivity index (χ0v) is 10.4. The van der Waals surface area contributed by atoms with Gasteiger partial charge in [-0.2, -0.15) is 0 Å². The number of hydrogen-bond acceptors (Lipinski definition) is 3. The van der Waals surface area contributed by atoms with E-state index >= 15 is 0 Å². The van der Waals surface area contributed by atoms with Gasteiger partial charge in [0.05, 0.1) is 6.54 Å². The first-order valence-electron chi connectivity index (χ1n) is 5.42. The minimum Gasteiger partial charge on any atom is -0.338 e. The smallest absolute Gasteiger partial charge is 0.226 e. The molecule has 1 aromatic heterocycles. The summed E-state index contributed by atoms with van der Waals surface area (Å²) in [6.07, 6.45) is 3.62. The van der Waals surface area contributed by atoms with Crippen molar-refractivity contribution in [2.24, 2.45) is 13.0 Å². The van der Waals surface area contributed by atoms with Crippen molar-refractivity contribution in [3.05, 3.63) is 18.2 Å². The lowest BCUT2D eigenvalue weighted by atomic mass is 10.1. The average Bonchev–Trinajstić information content (AvgIpc) is 2.63. The molecule has 1 rings (SSSR count). The summed E-state index contributed by atoms with van der Waals surface area (Å²) in [6.45, 7) is 3.17. The SMILES string of the molecule is CNCC(C)C(=O)N(C)Cc1nccn1C. The van der Waals surface area contributed by atoms with Crippen molar-refractivity contribution in [1.29, 1.82) is 0 Å². The highest BCUT2D eigenvalue weighted by Crippen LogP contribution is 2.04. The quantitative estimate of drug-likeness (QED) is 0.779. The normalized spacial score (nSPS) is 12.5. The summed E-state index contributed by atoms with van der Waals surface area (Å²) in [4.78, 5) is 17.8. The second kappa shape index (κ2) is 5.65. The van der Waals surface area contributed by atoms with Crippen LogP contribution in [-0.2, 0) is 18.4 Å². The van der Waals surface area contributed by atoms with E-state index in [0.29, 0.717) is 13.1 Å². The van der Waals surface area contributed by atoms with E-state index in [9.17, 15) is 4.79 Å². The van der Waals surface area contributed by atoms with Crippen LogP contribution in [0.2, 0.25) is 0 Å². The molecule has 0 spiro atoms. The summed E-state index contributed by atoms with van der Waals surface area (Å²) in [6, 6.07) is 0. The van der Waals surface area contributed by atoms with Gasteiger partial charge in [0.25, 0.3) is 0 Å². The van der Waals surface area contributed by atoms with E-state index in [1.165, 1.54) is 0 Å². The van der Waals surface area contributed by atoms with Crippen molar-refractivity contribution in [2.75, 3.05) is 20.6 Å². The maximum absolute atomic E-state index is 11.9. The van der Waals surface area contributed by atoms with Crippen molar-refractivity contribution < 1.29 is 4.79 Å². The zero-order chi connectivity index (χ0) is 12.1. The molecule has 90 valence electrons. The fourth-order valence-corrected chi connectivity index (χ4v) is 1.61. The summed E-state index contributed by atoms with van der Waals surface area (Å²) in [7, 11) is 5.59. The molecule has 0 aliphatic rings. The van der Waals surface area contributed by atoms with Crippen LogP contribution in [0.25, 0.3) is 0 Å². The number of carbonyl (C=O) groups excluding carboxylic acids is 1. The lowest BCUT2D eigenvalue weighted by Gasteiger charge is -2.20. The van der Waals surface area contributed by atoms with Crippen LogP contribution in [-0.4, -0.2) is 41.0 Å². The van der Waals surface area contributed by atoms with Crippen molar-refractivity contribution >= 4 is 5.91 Å². The molecule has 1 unspecified atom stereocenters. The van der Waals surface area contributed by atoms with Gasteiger partial charge in [0.1, 0.15) is 5.82 Å². The van der Waals surface area contributed by atoms with Crippen LogP contribution >= 0.6 is 0 Å². The minimum absolute atomic E-state index is 0.00438. The Bertz CT molecular complexity index is 348. The van der Waals surface area contributed by atoms with Crippen molar-refractivity contribution in [3.63, 3.8) is 0 Å². The third-order valence-electron chi connectivity index (χ3n) is 2.61. The summed E-state index contributed by atoms with van der Waals surface area (Å²) in [5.41, 5.74) is 0. The van der Waals surface area contributed by atoms with Crippen LogP contribution in [0.3, 0.4) is 0 Å². The highest BCUT2D eigenvalue weighted by atomic mass is 16.2. The Kier molecular flexibility index (Phi) is 4.49. The van der Waals surface area contributed by atoms with Crippen LogP contribution in [0.4, 0.5) is 0 Å². The number of imidazole rings is 1. The second-order valence-electron chi connectivity index (χ2n) is 4.11. The molecule has 5 nitrogen and oxygen atoms in total.